The summed E-state index contributed by atoms with van der Waals surface area (Å²) in [6.45, 7) is 2.14. The van der Waals surface area contributed by atoms with Crippen LogP contribution in [0.1, 0.15) is 37.7 Å². The smallest absolute Gasteiger partial charge is 0.258 e. The molecular weight excluding hydrogens is 274 g/mol. The van der Waals surface area contributed by atoms with Crippen LogP contribution in [-0.2, 0) is 4.79 Å². The second kappa shape index (κ2) is 5.60. The van der Waals surface area contributed by atoms with E-state index < -0.39 is 0 Å². The van der Waals surface area contributed by atoms with Gasteiger partial charge in [0.05, 0.1) is 0 Å². The van der Waals surface area contributed by atoms with E-state index in [1.165, 1.54) is 32.1 Å². The van der Waals surface area contributed by atoms with E-state index in [4.69, 9.17) is 4.74 Å². The Bertz CT molecular complexity index is 540. The monoisotopic (exact) mass is 299 g/mol. The Labute approximate surface area is 132 Å². The topological polar surface area (TPSA) is 38.3 Å². The molecule has 0 saturated heterocycles. The van der Waals surface area contributed by atoms with Gasteiger partial charge >= 0.3 is 0 Å². The Balaban J connectivity index is 1.34. The fourth-order valence-corrected chi connectivity index (χ4v) is 5.25. The molecule has 4 saturated carbocycles. The predicted molar refractivity (Wildman–Crippen MR) is 85.6 cm³/mol. The highest BCUT2D eigenvalue weighted by atomic mass is 16.5. The third-order valence-corrected chi connectivity index (χ3v) is 6.01. The summed E-state index contributed by atoms with van der Waals surface area (Å²) in [5.74, 6) is 4.18. The molecule has 1 aromatic carbocycles. The predicted octanol–water partition coefficient (Wildman–Crippen LogP) is 3.31. The van der Waals surface area contributed by atoms with Crippen LogP contribution in [0.2, 0.25) is 0 Å². The second-order valence-corrected chi connectivity index (χ2v) is 7.58. The molecule has 3 nitrogen and oxygen atoms in total. The first-order valence-electron chi connectivity index (χ1n) is 8.67. The number of ether oxygens (including phenoxy) is 1. The summed E-state index contributed by atoms with van der Waals surface area (Å²) >= 11 is 0. The molecule has 22 heavy (non-hydrogen) atoms. The first-order chi connectivity index (χ1) is 10.7. The molecule has 0 heterocycles. The summed E-state index contributed by atoms with van der Waals surface area (Å²) in [5.41, 5.74) is 1.07. The molecular formula is C19H25NO2. The van der Waals surface area contributed by atoms with E-state index >= 15 is 0 Å². The summed E-state index contributed by atoms with van der Waals surface area (Å²) in [7, 11) is 0. The fraction of sp³-hybridized carbons (Fsp3) is 0.632. The molecule has 3 heteroatoms. The number of hydrogen-bond donors (Lipinski definition) is 1. The number of carbonyl (C=O) groups is 1. The van der Waals surface area contributed by atoms with Crippen molar-refractivity contribution in [1.29, 1.82) is 0 Å². The normalized spacial score (nSPS) is 35.4. The second-order valence-electron chi connectivity index (χ2n) is 7.58. The molecule has 5 rings (SSSR count). The molecule has 0 aliphatic heterocycles. The van der Waals surface area contributed by atoms with Gasteiger partial charge in [-0.25, -0.2) is 0 Å². The van der Waals surface area contributed by atoms with Gasteiger partial charge in [-0.15, -0.1) is 0 Å². The Hall–Kier alpha value is -1.51. The highest BCUT2D eigenvalue weighted by Crippen LogP contribution is 2.53. The van der Waals surface area contributed by atoms with E-state index in [0.29, 0.717) is 6.04 Å². The highest BCUT2D eigenvalue weighted by molar-refractivity contribution is 5.78. The first-order valence-corrected chi connectivity index (χ1v) is 8.67. The zero-order chi connectivity index (χ0) is 15.1. The van der Waals surface area contributed by atoms with Crippen molar-refractivity contribution in [3.63, 3.8) is 0 Å². The van der Waals surface area contributed by atoms with Crippen molar-refractivity contribution in [1.82, 2.24) is 5.32 Å². The van der Waals surface area contributed by atoms with Gasteiger partial charge < -0.3 is 10.1 Å². The van der Waals surface area contributed by atoms with E-state index in [0.717, 1.165) is 35.0 Å². The third kappa shape index (κ3) is 2.62. The minimum absolute atomic E-state index is 0.0423. The summed E-state index contributed by atoms with van der Waals surface area (Å²) in [6.07, 6.45) is 6.77. The largest absolute Gasteiger partial charge is 0.484 e. The Kier molecular flexibility index (Phi) is 3.59. The highest BCUT2D eigenvalue weighted by Gasteiger charge is 2.48. The van der Waals surface area contributed by atoms with Crippen LogP contribution < -0.4 is 10.1 Å². The van der Waals surface area contributed by atoms with Gasteiger partial charge in [-0.1, -0.05) is 18.2 Å². The zero-order valence-corrected chi connectivity index (χ0v) is 13.3. The number of nitrogens with one attached hydrogen (secondary N) is 1. The van der Waals surface area contributed by atoms with E-state index in [-0.39, 0.29) is 12.5 Å². The quantitative estimate of drug-likeness (QED) is 0.926. The van der Waals surface area contributed by atoms with Crippen LogP contribution in [0.25, 0.3) is 0 Å². The standard InChI is InChI=1S/C19H25NO2/c1-12-4-2-3-5-17(12)22-11-18(21)20-19-15-7-13-6-14(9-15)10-16(19)8-13/h2-5,13-16,19H,6-11H2,1H3,(H,20,21). The number of para-hydroxylation sites is 1. The van der Waals surface area contributed by atoms with E-state index in [9.17, 15) is 4.79 Å². The van der Waals surface area contributed by atoms with Crippen LogP contribution in [0.5, 0.6) is 5.75 Å². The van der Waals surface area contributed by atoms with E-state index in [1.54, 1.807) is 0 Å². The van der Waals surface area contributed by atoms with Crippen LogP contribution >= 0.6 is 0 Å². The van der Waals surface area contributed by atoms with Gasteiger partial charge in [-0.3, -0.25) is 4.79 Å². The molecule has 4 aliphatic carbocycles. The van der Waals surface area contributed by atoms with Gasteiger partial charge in [-0.05, 0) is 74.3 Å². The van der Waals surface area contributed by atoms with Crippen LogP contribution in [0, 0.1) is 30.6 Å². The Morgan fingerprint density at radius 1 is 1.09 bits per heavy atom. The summed E-state index contributed by atoms with van der Waals surface area (Å²) < 4.78 is 5.68. The SMILES string of the molecule is Cc1ccccc1OCC(=O)NC1C2CC3CC(C2)CC1C3. The number of amides is 1. The van der Waals surface area contributed by atoms with E-state index in [2.05, 4.69) is 5.32 Å². The lowest BCUT2D eigenvalue weighted by Gasteiger charge is -2.54. The van der Waals surface area contributed by atoms with Crippen LogP contribution in [0.3, 0.4) is 0 Å². The number of rotatable bonds is 4. The third-order valence-electron chi connectivity index (χ3n) is 6.01. The van der Waals surface area contributed by atoms with Crippen molar-refractivity contribution < 1.29 is 9.53 Å². The van der Waals surface area contributed by atoms with Gasteiger partial charge in [0, 0.05) is 6.04 Å². The zero-order valence-electron chi connectivity index (χ0n) is 13.3. The van der Waals surface area contributed by atoms with Crippen molar-refractivity contribution in [2.45, 2.75) is 45.1 Å². The summed E-state index contributed by atoms with van der Waals surface area (Å²) in [4.78, 5) is 12.3. The maximum atomic E-state index is 12.3. The van der Waals surface area contributed by atoms with Gasteiger partial charge in [0.1, 0.15) is 5.75 Å². The molecule has 1 amide bonds. The van der Waals surface area contributed by atoms with Crippen LogP contribution in [-0.4, -0.2) is 18.6 Å². The summed E-state index contributed by atoms with van der Waals surface area (Å²) in [5, 5.41) is 3.29. The minimum atomic E-state index is 0.0423. The molecule has 118 valence electrons. The fourth-order valence-electron chi connectivity index (χ4n) is 5.25. The average Bonchev–Trinajstić information content (AvgIpc) is 2.49. The Morgan fingerprint density at radius 2 is 1.73 bits per heavy atom. The van der Waals surface area contributed by atoms with Crippen LogP contribution in [0.15, 0.2) is 24.3 Å². The van der Waals surface area contributed by atoms with Gasteiger partial charge in [0.25, 0.3) is 5.91 Å². The molecule has 0 radical (unpaired) electrons. The molecule has 4 fully saturated rings. The van der Waals surface area contributed by atoms with Crippen molar-refractivity contribution in [2.75, 3.05) is 6.61 Å². The van der Waals surface area contributed by atoms with E-state index in [1.807, 2.05) is 31.2 Å². The molecule has 0 aromatic heterocycles. The summed E-state index contributed by atoms with van der Waals surface area (Å²) in [6, 6.07) is 8.26. The lowest BCUT2D eigenvalue weighted by molar-refractivity contribution is -0.127. The Morgan fingerprint density at radius 3 is 2.36 bits per heavy atom. The van der Waals surface area contributed by atoms with Gasteiger partial charge in [0.2, 0.25) is 0 Å². The van der Waals surface area contributed by atoms with Crippen LogP contribution in [0.4, 0.5) is 0 Å². The van der Waals surface area contributed by atoms with Crippen molar-refractivity contribution in [3.8, 4) is 5.75 Å². The lowest BCUT2D eigenvalue weighted by Crippen LogP contribution is -2.56. The first kappa shape index (κ1) is 14.1. The van der Waals surface area contributed by atoms with Crippen molar-refractivity contribution in [2.24, 2.45) is 23.7 Å². The maximum Gasteiger partial charge on any atom is 0.258 e. The van der Waals surface area contributed by atoms with Gasteiger partial charge in [-0.2, -0.15) is 0 Å². The number of aryl methyl sites for hydroxylation is 1. The van der Waals surface area contributed by atoms with Crippen molar-refractivity contribution >= 4 is 5.91 Å². The number of benzene rings is 1. The molecule has 4 bridgehead atoms. The molecule has 0 spiro atoms. The molecule has 0 atom stereocenters. The lowest BCUT2D eigenvalue weighted by atomic mass is 9.54. The molecule has 1 aromatic rings. The molecule has 1 N–H and O–H groups in total. The van der Waals surface area contributed by atoms with Crippen molar-refractivity contribution in [3.05, 3.63) is 29.8 Å². The number of hydrogen-bond acceptors (Lipinski definition) is 2. The average molecular weight is 299 g/mol. The molecule has 0 unspecified atom stereocenters. The van der Waals surface area contributed by atoms with Gasteiger partial charge in [0.15, 0.2) is 6.61 Å². The number of carbonyl (C=O) groups excluding carboxylic acids is 1. The maximum absolute atomic E-state index is 12.3. The molecule has 4 aliphatic rings. The minimum Gasteiger partial charge on any atom is -0.484 e.